The summed E-state index contributed by atoms with van der Waals surface area (Å²) in [5, 5.41) is 3.06. The Balaban J connectivity index is 1.56. The number of nitrogens with one attached hydrogen (secondary N) is 1. The van der Waals surface area contributed by atoms with Gasteiger partial charge in [-0.25, -0.2) is 4.79 Å². The van der Waals surface area contributed by atoms with Crippen molar-refractivity contribution in [3.63, 3.8) is 0 Å². The molecule has 132 valence electrons. The number of fused-ring (bicyclic) bond motifs is 1. The van der Waals surface area contributed by atoms with Gasteiger partial charge in [-0.3, -0.25) is 19.5 Å². The lowest BCUT2D eigenvalue weighted by molar-refractivity contribution is -0.128. The van der Waals surface area contributed by atoms with Crippen LogP contribution in [0.25, 0.3) is 0 Å². The van der Waals surface area contributed by atoms with E-state index in [4.69, 9.17) is 4.74 Å². The molecular formula is C17H19N3O4S. The Morgan fingerprint density at radius 3 is 2.80 bits per heavy atom. The first-order valence-corrected chi connectivity index (χ1v) is 9.06. The van der Waals surface area contributed by atoms with E-state index < -0.39 is 11.2 Å². The molecule has 0 aliphatic carbocycles. The minimum absolute atomic E-state index is 0.0451. The molecule has 2 heterocycles. The van der Waals surface area contributed by atoms with Crippen molar-refractivity contribution in [3.8, 4) is 0 Å². The number of hydrogen-bond donors (Lipinski definition) is 1. The summed E-state index contributed by atoms with van der Waals surface area (Å²) in [5.41, 5.74) is 1.000. The van der Waals surface area contributed by atoms with Crippen LogP contribution >= 0.6 is 11.8 Å². The first kappa shape index (κ1) is 17.5. The molecule has 1 N–H and O–H groups in total. The molecule has 0 spiro atoms. The van der Waals surface area contributed by atoms with Crippen LogP contribution in [-0.2, 0) is 14.3 Å². The number of amidine groups is 1. The molecule has 2 aliphatic heterocycles. The van der Waals surface area contributed by atoms with Crippen LogP contribution in [0.2, 0.25) is 0 Å². The van der Waals surface area contributed by atoms with Gasteiger partial charge in [0.2, 0.25) is 11.8 Å². The van der Waals surface area contributed by atoms with Crippen molar-refractivity contribution >= 4 is 40.4 Å². The second kappa shape index (κ2) is 7.69. The summed E-state index contributed by atoms with van der Waals surface area (Å²) in [6.45, 7) is 3.47. The number of nitrogens with zero attached hydrogens (tertiary/aromatic N) is 2. The number of ether oxygens (including phenoxy) is 1. The Hall–Kier alpha value is -2.35. The molecule has 2 amide bonds. The molecule has 7 nitrogen and oxygen atoms in total. The number of anilines is 1. The van der Waals surface area contributed by atoms with Crippen molar-refractivity contribution in [2.75, 3.05) is 25.0 Å². The van der Waals surface area contributed by atoms with E-state index >= 15 is 0 Å². The molecule has 1 fully saturated rings. The van der Waals surface area contributed by atoms with Crippen LogP contribution in [0.4, 0.5) is 5.69 Å². The number of hydrogen-bond acceptors (Lipinski definition) is 6. The van der Waals surface area contributed by atoms with Gasteiger partial charge in [0, 0.05) is 25.2 Å². The summed E-state index contributed by atoms with van der Waals surface area (Å²) < 4.78 is 4.91. The van der Waals surface area contributed by atoms with Crippen LogP contribution in [0, 0.1) is 0 Å². The first-order chi connectivity index (χ1) is 12.1. The zero-order valence-corrected chi connectivity index (χ0v) is 14.7. The highest BCUT2D eigenvalue weighted by atomic mass is 32.2. The van der Waals surface area contributed by atoms with Gasteiger partial charge >= 0.3 is 5.97 Å². The van der Waals surface area contributed by atoms with Gasteiger partial charge in [0.05, 0.1) is 12.2 Å². The van der Waals surface area contributed by atoms with Gasteiger partial charge in [-0.1, -0.05) is 11.8 Å². The predicted molar refractivity (Wildman–Crippen MR) is 95.7 cm³/mol. The number of carbonyl (C=O) groups excluding carboxylic acids is 3. The maximum atomic E-state index is 12.3. The zero-order valence-electron chi connectivity index (χ0n) is 13.9. The average Bonchev–Trinajstić information content (AvgIpc) is 2.92. The molecule has 1 aromatic rings. The molecule has 0 radical (unpaired) electrons. The lowest BCUT2D eigenvalue weighted by Gasteiger charge is -2.19. The van der Waals surface area contributed by atoms with Crippen LogP contribution in [0.15, 0.2) is 29.3 Å². The number of benzene rings is 1. The van der Waals surface area contributed by atoms with Crippen LogP contribution in [0.1, 0.15) is 30.1 Å². The molecule has 1 aromatic carbocycles. The molecule has 25 heavy (non-hydrogen) atoms. The smallest absolute Gasteiger partial charge is 0.338 e. The fourth-order valence-corrected chi connectivity index (χ4v) is 3.85. The monoisotopic (exact) mass is 361 g/mol. The van der Waals surface area contributed by atoms with E-state index in [2.05, 4.69) is 10.3 Å². The summed E-state index contributed by atoms with van der Waals surface area (Å²) in [4.78, 5) is 42.1. The Bertz CT molecular complexity index is 717. The van der Waals surface area contributed by atoms with Gasteiger partial charge in [-0.05, 0) is 37.6 Å². The van der Waals surface area contributed by atoms with E-state index in [1.807, 2.05) is 0 Å². The Morgan fingerprint density at radius 2 is 2.12 bits per heavy atom. The maximum Gasteiger partial charge on any atom is 0.338 e. The zero-order chi connectivity index (χ0) is 17.8. The molecule has 0 bridgehead atoms. The van der Waals surface area contributed by atoms with E-state index in [9.17, 15) is 14.4 Å². The van der Waals surface area contributed by atoms with E-state index in [0.29, 0.717) is 24.4 Å². The third-order valence-corrected chi connectivity index (χ3v) is 5.07. The van der Waals surface area contributed by atoms with E-state index in [-0.39, 0.29) is 18.2 Å². The maximum absolute atomic E-state index is 12.3. The minimum atomic E-state index is -0.421. The van der Waals surface area contributed by atoms with Gasteiger partial charge in [0.15, 0.2) is 5.17 Å². The second-order valence-electron chi connectivity index (χ2n) is 5.66. The van der Waals surface area contributed by atoms with Crippen LogP contribution < -0.4 is 5.32 Å². The third kappa shape index (κ3) is 4.01. The van der Waals surface area contributed by atoms with Gasteiger partial charge in [0.1, 0.15) is 5.25 Å². The summed E-state index contributed by atoms with van der Waals surface area (Å²) >= 11 is 1.36. The standard InChI is InChI=1S/C17H19N3O4S/c1-2-24-16(23)11-4-6-12(7-5-11)19-14(21)10-13-15(22)20-9-3-8-18-17(20)25-13/h4-7,13H,2-3,8-10H2,1H3,(H,19,21)/t13-/m0/s1. The topological polar surface area (TPSA) is 88.1 Å². The molecule has 0 unspecified atom stereocenters. The molecular weight excluding hydrogens is 342 g/mol. The third-order valence-electron chi connectivity index (χ3n) is 3.86. The van der Waals surface area contributed by atoms with Gasteiger partial charge in [-0.15, -0.1) is 0 Å². The molecule has 8 heteroatoms. The largest absolute Gasteiger partial charge is 0.462 e. The summed E-state index contributed by atoms with van der Waals surface area (Å²) in [6, 6.07) is 6.47. The Morgan fingerprint density at radius 1 is 1.36 bits per heavy atom. The van der Waals surface area contributed by atoms with Crippen molar-refractivity contribution in [1.82, 2.24) is 4.90 Å². The van der Waals surface area contributed by atoms with Crippen LogP contribution in [0.3, 0.4) is 0 Å². The Labute approximate surface area is 149 Å². The summed E-state index contributed by atoms with van der Waals surface area (Å²) in [5.74, 6) is -0.683. The Kier molecular flexibility index (Phi) is 5.37. The SMILES string of the molecule is CCOC(=O)c1ccc(NC(=O)C[C@@H]2SC3=NCCCN3C2=O)cc1. The quantitative estimate of drug-likeness (QED) is 0.809. The van der Waals surface area contributed by atoms with Crippen molar-refractivity contribution in [1.29, 1.82) is 0 Å². The first-order valence-electron chi connectivity index (χ1n) is 8.18. The van der Waals surface area contributed by atoms with E-state index in [1.165, 1.54) is 11.8 Å². The number of aliphatic imine (C=N–C) groups is 1. The molecule has 3 rings (SSSR count). The fourth-order valence-electron chi connectivity index (χ4n) is 2.65. The normalized spacial score (nSPS) is 19.2. The molecule has 1 atom stereocenters. The number of amides is 2. The van der Waals surface area contributed by atoms with Crippen LogP contribution in [0.5, 0.6) is 0 Å². The average molecular weight is 361 g/mol. The highest BCUT2D eigenvalue weighted by Crippen LogP contribution is 2.31. The molecule has 0 saturated carbocycles. The van der Waals surface area contributed by atoms with E-state index in [0.717, 1.165) is 18.1 Å². The fraction of sp³-hybridized carbons (Fsp3) is 0.412. The van der Waals surface area contributed by atoms with Crippen LogP contribution in [-0.4, -0.2) is 52.8 Å². The molecule has 2 aliphatic rings. The number of rotatable bonds is 5. The minimum Gasteiger partial charge on any atom is -0.462 e. The van der Waals surface area contributed by atoms with Crippen molar-refractivity contribution in [2.24, 2.45) is 4.99 Å². The second-order valence-corrected chi connectivity index (χ2v) is 6.83. The van der Waals surface area contributed by atoms with Crippen molar-refractivity contribution in [2.45, 2.75) is 25.0 Å². The highest BCUT2D eigenvalue weighted by molar-refractivity contribution is 8.15. The molecule has 0 aromatic heterocycles. The van der Waals surface area contributed by atoms with Gasteiger partial charge in [-0.2, -0.15) is 0 Å². The number of thioether (sulfide) groups is 1. The summed E-state index contributed by atoms with van der Waals surface area (Å²) in [6.07, 6.45) is 0.959. The van der Waals surface area contributed by atoms with Crippen molar-refractivity contribution < 1.29 is 19.1 Å². The summed E-state index contributed by atoms with van der Waals surface area (Å²) in [7, 11) is 0. The van der Waals surface area contributed by atoms with Gasteiger partial charge in [0.25, 0.3) is 0 Å². The molecule has 1 saturated heterocycles. The lowest BCUT2D eigenvalue weighted by Crippen LogP contribution is -2.36. The van der Waals surface area contributed by atoms with Gasteiger partial charge < -0.3 is 10.1 Å². The van der Waals surface area contributed by atoms with E-state index in [1.54, 1.807) is 36.1 Å². The number of carbonyl (C=O) groups is 3. The van der Waals surface area contributed by atoms with Crippen molar-refractivity contribution in [3.05, 3.63) is 29.8 Å². The lowest BCUT2D eigenvalue weighted by atomic mass is 10.2. The number of esters is 1. The highest BCUT2D eigenvalue weighted by Gasteiger charge is 2.39. The predicted octanol–water partition coefficient (Wildman–Crippen LogP) is 1.90.